The fraction of sp³-hybridized carbons (Fsp3) is 0.378. The minimum absolute atomic E-state index is 0.141. The van der Waals surface area contributed by atoms with Crippen molar-refractivity contribution >= 4 is 40.8 Å². The first-order chi connectivity index (χ1) is 24.0. The second kappa shape index (κ2) is 13.8. The Morgan fingerprint density at radius 1 is 1.02 bits per heavy atom. The highest BCUT2D eigenvalue weighted by atomic mass is 35.5. The van der Waals surface area contributed by atoms with Crippen LogP contribution in [0.15, 0.2) is 48.5 Å². The zero-order valence-electron chi connectivity index (χ0n) is 28.1. The number of fused-ring (bicyclic) bond motifs is 2. The number of likely N-dealkylation sites (N-methyl/N-ethyl adjacent to an activating group) is 1. The van der Waals surface area contributed by atoms with Crippen molar-refractivity contribution in [1.29, 1.82) is 0 Å². The summed E-state index contributed by atoms with van der Waals surface area (Å²) in [5.74, 6) is -0.600. The molecule has 1 saturated heterocycles. The van der Waals surface area contributed by atoms with Gasteiger partial charge >= 0.3 is 5.97 Å². The average molecular weight is 721 g/mol. The molecule has 262 valence electrons. The number of carboxylic acids is 1. The molecule has 1 aliphatic carbocycles. The van der Waals surface area contributed by atoms with Gasteiger partial charge in [0.2, 0.25) is 0 Å². The Morgan fingerprint density at radius 2 is 1.80 bits per heavy atom. The second-order valence-electron chi connectivity index (χ2n) is 13.2. The molecule has 3 atom stereocenters. The highest BCUT2D eigenvalue weighted by Crippen LogP contribution is 2.45. The first-order valence-corrected chi connectivity index (χ1v) is 17.4. The summed E-state index contributed by atoms with van der Waals surface area (Å²) < 4.78 is 14.0. The highest BCUT2D eigenvalue weighted by molar-refractivity contribution is 6.36. The second-order valence-corrected chi connectivity index (χ2v) is 14.0. The average Bonchev–Trinajstić information content (AvgIpc) is 3.84. The zero-order chi connectivity index (χ0) is 35.3. The lowest BCUT2D eigenvalue weighted by Gasteiger charge is -2.22. The molecule has 0 saturated carbocycles. The smallest absolute Gasteiger partial charge is 0.308 e. The predicted molar refractivity (Wildman–Crippen MR) is 190 cm³/mol. The number of likely N-dealkylation sites (tertiary alicyclic amines) is 1. The van der Waals surface area contributed by atoms with E-state index in [-0.39, 0.29) is 29.1 Å². The van der Waals surface area contributed by atoms with Gasteiger partial charge in [-0.25, -0.2) is 4.98 Å². The summed E-state index contributed by atoms with van der Waals surface area (Å²) in [5, 5.41) is 24.5. The molecule has 3 aliphatic rings. The molecular weight excluding hydrogens is 681 g/mol. The number of aliphatic hydroxyl groups is 1. The number of carboxylic acid groups (broad SMARTS) is 1. The molecule has 2 aliphatic heterocycles. The van der Waals surface area contributed by atoms with Gasteiger partial charge in [0.1, 0.15) is 17.6 Å². The maximum Gasteiger partial charge on any atom is 0.308 e. The van der Waals surface area contributed by atoms with Gasteiger partial charge in [0.25, 0.3) is 5.91 Å². The minimum atomic E-state index is -1.05. The number of methoxy groups -OCH3 is 1. The molecule has 7 rings (SSSR count). The number of aromatic nitrogens is 2. The van der Waals surface area contributed by atoms with Crippen LogP contribution in [-0.2, 0) is 31.2 Å². The van der Waals surface area contributed by atoms with Crippen molar-refractivity contribution in [2.45, 2.75) is 44.6 Å². The molecule has 0 bridgehead atoms. The molecule has 3 unspecified atom stereocenters. The van der Waals surface area contributed by atoms with E-state index in [1.165, 1.54) is 18.1 Å². The maximum absolute atomic E-state index is 13.3. The van der Waals surface area contributed by atoms with E-state index in [4.69, 9.17) is 37.7 Å². The molecule has 1 fully saturated rings. The molecule has 0 spiro atoms. The van der Waals surface area contributed by atoms with Gasteiger partial charge in [-0.15, -0.1) is 0 Å². The summed E-state index contributed by atoms with van der Waals surface area (Å²) in [7, 11) is 5.47. The lowest BCUT2D eigenvalue weighted by atomic mass is 9.96. The van der Waals surface area contributed by atoms with Crippen molar-refractivity contribution in [2.24, 2.45) is 13.0 Å². The Labute approximate surface area is 300 Å². The number of ether oxygens (including phenoxy) is 2. The predicted octanol–water partition coefficient (Wildman–Crippen LogP) is 6.11. The zero-order valence-corrected chi connectivity index (χ0v) is 29.6. The summed E-state index contributed by atoms with van der Waals surface area (Å²) in [6, 6.07) is 14.9. The van der Waals surface area contributed by atoms with Crippen LogP contribution >= 0.6 is 23.2 Å². The normalized spacial score (nSPS) is 19.2. The highest BCUT2D eigenvalue weighted by Gasteiger charge is 2.34. The van der Waals surface area contributed by atoms with Crippen LogP contribution in [0.3, 0.4) is 0 Å². The number of hydrogen-bond acceptors (Lipinski definition) is 8. The monoisotopic (exact) mass is 719 g/mol. The van der Waals surface area contributed by atoms with Gasteiger partial charge < -0.3 is 39.4 Å². The lowest BCUT2D eigenvalue weighted by Crippen LogP contribution is -2.30. The van der Waals surface area contributed by atoms with E-state index in [0.717, 1.165) is 59.6 Å². The van der Waals surface area contributed by atoms with Crippen molar-refractivity contribution in [2.75, 3.05) is 39.1 Å². The Hall–Kier alpha value is -4.29. The number of carbonyl (C=O) groups is 2. The van der Waals surface area contributed by atoms with Crippen LogP contribution in [0.2, 0.25) is 10.0 Å². The van der Waals surface area contributed by atoms with Gasteiger partial charge in [-0.05, 0) is 55.1 Å². The number of halogens is 2. The first kappa shape index (κ1) is 34.2. The molecule has 3 N–H and O–H groups in total. The van der Waals surface area contributed by atoms with Gasteiger partial charge in [0, 0.05) is 57.0 Å². The van der Waals surface area contributed by atoms with Gasteiger partial charge in [0.05, 0.1) is 40.0 Å². The Bertz CT molecular complexity index is 1980. The van der Waals surface area contributed by atoms with E-state index >= 15 is 0 Å². The number of nitrogens with zero attached hydrogens (tertiary/aromatic N) is 4. The molecule has 1 aromatic heterocycles. The standard InChI is InChI=1S/C37H39Cl2N5O6/c1-42-14-13-29-28(19-42)40-34(43(29)2)35(45)41-27-9-5-8-24(33(27)39)21-6-4-7-23-22(21)10-11-30(23)50-32-17-31(49-3)25(16-26(32)38)36(46)44-15-12-20(18-44)37(47)48/h4-9,16-17,20,30,35,41,45H,10-15,18-19H2,1-3H3,(H,47,48). The Kier molecular flexibility index (Phi) is 9.42. The van der Waals surface area contributed by atoms with E-state index in [9.17, 15) is 19.8 Å². The summed E-state index contributed by atoms with van der Waals surface area (Å²) >= 11 is 13.7. The van der Waals surface area contributed by atoms with Crippen molar-refractivity contribution in [1.82, 2.24) is 19.4 Å². The van der Waals surface area contributed by atoms with E-state index < -0.39 is 18.1 Å². The number of benzene rings is 3. The quantitative estimate of drug-likeness (QED) is 0.176. The molecule has 3 heterocycles. The Balaban J connectivity index is 1.11. The summed E-state index contributed by atoms with van der Waals surface area (Å²) in [4.78, 5) is 33.2. The summed E-state index contributed by atoms with van der Waals surface area (Å²) in [6.45, 7) is 2.18. The van der Waals surface area contributed by atoms with Gasteiger partial charge in [-0.2, -0.15) is 0 Å². The molecular formula is C37H39Cl2N5O6. The fourth-order valence-electron chi connectivity index (χ4n) is 7.41. The number of rotatable bonds is 9. The van der Waals surface area contributed by atoms with Crippen LogP contribution in [0, 0.1) is 5.92 Å². The van der Waals surface area contributed by atoms with Crippen LogP contribution in [0.1, 0.15) is 63.9 Å². The van der Waals surface area contributed by atoms with Crippen LogP contribution in [0.5, 0.6) is 11.5 Å². The van der Waals surface area contributed by atoms with Crippen LogP contribution < -0.4 is 14.8 Å². The number of imidazole rings is 1. The van der Waals surface area contributed by atoms with Crippen molar-refractivity contribution in [3.63, 3.8) is 0 Å². The van der Waals surface area contributed by atoms with Crippen LogP contribution in [0.4, 0.5) is 5.69 Å². The molecule has 0 radical (unpaired) electrons. The number of amides is 1. The Morgan fingerprint density at radius 3 is 2.56 bits per heavy atom. The third-order valence-electron chi connectivity index (χ3n) is 10.1. The minimum Gasteiger partial charge on any atom is -0.496 e. The molecule has 4 aromatic rings. The van der Waals surface area contributed by atoms with Crippen LogP contribution in [0.25, 0.3) is 11.1 Å². The third-order valence-corrected chi connectivity index (χ3v) is 10.8. The molecule has 50 heavy (non-hydrogen) atoms. The third kappa shape index (κ3) is 6.28. The van der Waals surface area contributed by atoms with Crippen LogP contribution in [-0.4, -0.2) is 75.2 Å². The number of nitrogens with one attached hydrogen (secondary N) is 1. The topological polar surface area (TPSA) is 129 Å². The SMILES string of the molecule is COc1cc(OC2CCc3c(-c4cccc(NC(O)c5nc6c(n5C)CCN(C)C6)c4Cl)cccc32)c(Cl)cc1C(=O)N1CCC(C(=O)O)C1. The van der Waals surface area contributed by atoms with Gasteiger partial charge in [-0.1, -0.05) is 53.5 Å². The molecule has 1 amide bonds. The molecule has 13 heteroatoms. The number of carbonyl (C=O) groups excluding carboxylic acids is 1. The molecule has 11 nitrogen and oxygen atoms in total. The molecule has 3 aromatic carbocycles. The largest absolute Gasteiger partial charge is 0.496 e. The van der Waals surface area contributed by atoms with Gasteiger partial charge in [-0.3, -0.25) is 9.59 Å². The number of aliphatic hydroxyl groups excluding tert-OH is 1. The number of anilines is 1. The first-order valence-electron chi connectivity index (χ1n) is 16.7. The van der Waals surface area contributed by atoms with E-state index in [0.29, 0.717) is 47.4 Å². The number of hydrogen-bond donors (Lipinski definition) is 3. The van der Waals surface area contributed by atoms with E-state index in [1.807, 2.05) is 48.0 Å². The summed E-state index contributed by atoms with van der Waals surface area (Å²) in [6.07, 6.45) is 1.36. The lowest BCUT2D eigenvalue weighted by molar-refractivity contribution is -0.141. The van der Waals surface area contributed by atoms with E-state index in [2.05, 4.69) is 17.3 Å². The fourth-order valence-corrected chi connectivity index (χ4v) is 7.90. The van der Waals surface area contributed by atoms with Crippen molar-refractivity contribution in [3.8, 4) is 22.6 Å². The van der Waals surface area contributed by atoms with Crippen molar-refractivity contribution < 1.29 is 29.3 Å². The van der Waals surface area contributed by atoms with Gasteiger partial charge in [0.15, 0.2) is 12.1 Å². The number of aliphatic carboxylic acids is 1. The van der Waals surface area contributed by atoms with Crippen molar-refractivity contribution in [3.05, 3.63) is 92.5 Å². The van der Waals surface area contributed by atoms with E-state index in [1.54, 1.807) is 6.07 Å². The summed E-state index contributed by atoms with van der Waals surface area (Å²) in [5.41, 5.74) is 6.89. The maximum atomic E-state index is 13.3.